The molecule has 11 heavy (non-hydrogen) atoms. The third-order valence-corrected chi connectivity index (χ3v) is 2.81. The molecule has 2 atom stereocenters. The number of likely N-dealkylation sites (tertiary alicyclic amines) is 1. The number of nitrogens with one attached hydrogen (secondary N) is 1. The van der Waals surface area contributed by atoms with Gasteiger partial charge in [-0.05, 0) is 6.92 Å². The number of hydrogen-bond donors (Lipinski definition) is 1. The number of amides is 1. The van der Waals surface area contributed by atoms with Crippen LogP contribution in [-0.2, 0) is 4.79 Å². The molecule has 0 aromatic carbocycles. The molecule has 0 aliphatic carbocycles. The van der Waals surface area contributed by atoms with Gasteiger partial charge < -0.3 is 10.2 Å². The van der Waals surface area contributed by atoms with E-state index in [9.17, 15) is 4.79 Å². The van der Waals surface area contributed by atoms with Gasteiger partial charge in [-0.15, -0.1) is 0 Å². The van der Waals surface area contributed by atoms with Crippen molar-refractivity contribution in [2.24, 2.45) is 11.8 Å². The van der Waals surface area contributed by atoms with Crippen molar-refractivity contribution in [3.05, 3.63) is 0 Å². The van der Waals surface area contributed by atoms with Crippen molar-refractivity contribution >= 4 is 5.91 Å². The monoisotopic (exact) mass is 154 g/mol. The van der Waals surface area contributed by atoms with E-state index in [1.54, 1.807) is 0 Å². The summed E-state index contributed by atoms with van der Waals surface area (Å²) in [5.74, 6) is 1.26. The van der Waals surface area contributed by atoms with Gasteiger partial charge in [-0.1, -0.05) is 0 Å². The van der Waals surface area contributed by atoms with Crippen molar-refractivity contribution in [3.8, 4) is 0 Å². The van der Waals surface area contributed by atoms with Crippen LogP contribution in [0, 0.1) is 11.8 Å². The topological polar surface area (TPSA) is 32.3 Å². The van der Waals surface area contributed by atoms with Crippen molar-refractivity contribution in [3.63, 3.8) is 0 Å². The first-order valence-electron chi connectivity index (χ1n) is 4.32. The van der Waals surface area contributed by atoms with Crippen molar-refractivity contribution in [1.82, 2.24) is 10.2 Å². The number of carbonyl (C=O) groups excluding carboxylic acids is 1. The molecular weight excluding hydrogens is 140 g/mol. The van der Waals surface area contributed by atoms with Crippen LogP contribution in [0.4, 0.5) is 0 Å². The Kier molecular flexibility index (Phi) is 1.60. The largest absolute Gasteiger partial charge is 0.342 e. The third-order valence-electron chi connectivity index (χ3n) is 2.81. The molecule has 0 aromatic heterocycles. The summed E-state index contributed by atoms with van der Waals surface area (Å²) in [6, 6.07) is 0. The first-order chi connectivity index (χ1) is 5.33. The Morgan fingerprint density at radius 2 is 2.45 bits per heavy atom. The Morgan fingerprint density at radius 1 is 1.64 bits per heavy atom. The molecule has 2 aliphatic heterocycles. The fraction of sp³-hybridized carbons (Fsp3) is 0.875. The minimum absolute atomic E-state index is 0.301. The molecule has 0 unspecified atom stereocenters. The van der Waals surface area contributed by atoms with Gasteiger partial charge in [-0.3, -0.25) is 4.79 Å². The minimum Gasteiger partial charge on any atom is -0.342 e. The smallest absolute Gasteiger partial charge is 0.227 e. The van der Waals surface area contributed by atoms with Gasteiger partial charge in [0, 0.05) is 32.1 Å². The predicted molar refractivity (Wildman–Crippen MR) is 42.1 cm³/mol. The average molecular weight is 154 g/mol. The van der Waals surface area contributed by atoms with E-state index in [0.29, 0.717) is 17.7 Å². The number of nitrogens with zero attached hydrogens (tertiary/aromatic N) is 1. The lowest BCUT2D eigenvalue weighted by molar-refractivity contribution is -0.130. The molecule has 3 nitrogen and oxygen atoms in total. The van der Waals surface area contributed by atoms with Gasteiger partial charge in [0.15, 0.2) is 0 Å². The van der Waals surface area contributed by atoms with Crippen molar-refractivity contribution < 1.29 is 4.79 Å². The highest BCUT2D eigenvalue weighted by Gasteiger charge is 2.42. The Balaban J connectivity index is 2.10. The summed E-state index contributed by atoms with van der Waals surface area (Å²) in [6.45, 7) is 5.85. The maximum absolute atomic E-state index is 11.5. The Bertz CT molecular complexity index is 181. The van der Waals surface area contributed by atoms with Crippen molar-refractivity contribution in [2.75, 3.05) is 26.2 Å². The third kappa shape index (κ3) is 0.948. The molecule has 2 fully saturated rings. The van der Waals surface area contributed by atoms with E-state index in [1.165, 1.54) is 0 Å². The van der Waals surface area contributed by atoms with E-state index in [0.717, 1.165) is 26.2 Å². The van der Waals surface area contributed by atoms with E-state index < -0.39 is 0 Å². The molecule has 1 amide bonds. The van der Waals surface area contributed by atoms with E-state index in [2.05, 4.69) is 5.32 Å². The Hall–Kier alpha value is -0.570. The second kappa shape index (κ2) is 2.48. The van der Waals surface area contributed by atoms with Crippen LogP contribution < -0.4 is 5.32 Å². The molecule has 0 aromatic rings. The molecule has 0 radical (unpaired) electrons. The first kappa shape index (κ1) is 7.10. The van der Waals surface area contributed by atoms with Crippen LogP contribution in [0.1, 0.15) is 6.92 Å². The molecule has 0 saturated carbocycles. The molecule has 3 heteroatoms. The summed E-state index contributed by atoms with van der Waals surface area (Å²) >= 11 is 0. The molecule has 2 rings (SSSR count). The maximum atomic E-state index is 11.5. The van der Waals surface area contributed by atoms with Crippen LogP contribution in [0.2, 0.25) is 0 Å². The number of fused-ring (bicyclic) bond motifs is 1. The van der Waals surface area contributed by atoms with Gasteiger partial charge in [0.25, 0.3) is 0 Å². The summed E-state index contributed by atoms with van der Waals surface area (Å²) in [5.41, 5.74) is 0. The highest BCUT2D eigenvalue weighted by atomic mass is 16.2. The SMILES string of the molecule is CCN1C[C@H]2CNC[C@H]2C1=O. The van der Waals surface area contributed by atoms with Gasteiger partial charge in [0.05, 0.1) is 5.92 Å². The normalized spacial score (nSPS) is 36.5. The van der Waals surface area contributed by atoms with Crippen molar-refractivity contribution in [2.45, 2.75) is 6.92 Å². The molecule has 0 bridgehead atoms. The molecule has 0 spiro atoms. The van der Waals surface area contributed by atoms with Gasteiger partial charge in [0.2, 0.25) is 5.91 Å². The van der Waals surface area contributed by atoms with Crippen LogP contribution in [0.25, 0.3) is 0 Å². The molecule has 62 valence electrons. The Morgan fingerprint density at radius 3 is 3.09 bits per heavy atom. The van der Waals surface area contributed by atoms with E-state index in [4.69, 9.17) is 0 Å². The van der Waals surface area contributed by atoms with Gasteiger partial charge in [0.1, 0.15) is 0 Å². The van der Waals surface area contributed by atoms with Crippen LogP contribution in [-0.4, -0.2) is 37.0 Å². The Labute approximate surface area is 66.8 Å². The fourth-order valence-corrected chi connectivity index (χ4v) is 2.11. The number of rotatable bonds is 1. The van der Waals surface area contributed by atoms with E-state index in [1.807, 2.05) is 11.8 Å². The highest BCUT2D eigenvalue weighted by molar-refractivity contribution is 5.82. The van der Waals surface area contributed by atoms with Crippen LogP contribution in [0.3, 0.4) is 0 Å². The van der Waals surface area contributed by atoms with Crippen molar-refractivity contribution in [1.29, 1.82) is 0 Å². The average Bonchev–Trinajstić information content (AvgIpc) is 2.53. The lowest BCUT2D eigenvalue weighted by Gasteiger charge is -2.13. The predicted octanol–water partition coefficient (Wildman–Crippen LogP) is -0.316. The lowest BCUT2D eigenvalue weighted by Crippen LogP contribution is -2.30. The minimum atomic E-state index is 0.301. The number of hydrogen-bond acceptors (Lipinski definition) is 2. The summed E-state index contributed by atoms with van der Waals surface area (Å²) in [6.07, 6.45) is 0. The second-order valence-electron chi connectivity index (χ2n) is 3.40. The zero-order chi connectivity index (χ0) is 7.84. The molecule has 1 N–H and O–H groups in total. The van der Waals surface area contributed by atoms with Crippen LogP contribution >= 0.6 is 0 Å². The standard InChI is InChI=1S/C8H14N2O/c1-2-10-5-6-3-9-4-7(6)8(10)11/h6-7,9H,2-5H2,1H3/t6-,7-/m1/s1. The van der Waals surface area contributed by atoms with Gasteiger partial charge in [-0.25, -0.2) is 0 Å². The summed E-state index contributed by atoms with van der Waals surface area (Å²) in [5, 5.41) is 3.25. The van der Waals surface area contributed by atoms with Crippen LogP contribution in [0.15, 0.2) is 0 Å². The first-order valence-corrected chi connectivity index (χ1v) is 4.32. The van der Waals surface area contributed by atoms with Crippen LogP contribution in [0.5, 0.6) is 0 Å². The molecule has 2 saturated heterocycles. The summed E-state index contributed by atoms with van der Waals surface area (Å²) in [7, 11) is 0. The van der Waals surface area contributed by atoms with E-state index >= 15 is 0 Å². The molecule has 2 aliphatic rings. The second-order valence-corrected chi connectivity index (χ2v) is 3.40. The summed E-state index contributed by atoms with van der Waals surface area (Å²) < 4.78 is 0. The zero-order valence-corrected chi connectivity index (χ0v) is 6.84. The lowest BCUT2D eigenvalue weighted by atomic mass is 10.0. The van der Waals surface area contributed by atoms with Gasteiger partial charge >= 0.3 is 0 Å². The molecular formula is C8H14N2O. The fourth-order valence-electron chi connectivity index (χ4n) is 2.11. The zero-order valence-electron chi connectivity index (χ0n) is 6.84. The quantitative estimate of drug-likeness (QED) is 0.561. The highest BCUT2D eigenvalue weighted by Crippen LogP contribution is 2.26. The van der Waals surface area contributed by atoms with E-state index in [-0.39, 0.29) is 0 Å². The summed E-state index contributed by atoms with van der Waals surface area (Å²) in [4.78, 5) is 13.5. The van der Waals surface area contributed by atoms with Gasteiger partial charge in [-0.2, -0.15) is 0 Å². The molecule has 2 heterocycles. The number of carbonyl (C=O) groups is 1. The maximum Gasteiger partial charge on any atom is 0.227 e.